The second kappa shape index (κ2) is 16.4. The maximum atomic E-state index is 11.5. The molecule has 0 aromatic heterocycles. The third kappa shape index (κ3) is 13.1. The highest BCUT2D eigenvalue weighted by atomic mass is 16.6. The Kier molecular flexibility index (Phi) is 13.3. The molecule has 212 valence electrons. The lowest BCUT2D eigenvalue weighted by Gasteiger charge is -2.27. The van der Waals surface area contributed by atoms with E-state index in [2.05, 4.69) is 13.2 Å². The van der Waals surface area contributed by atoms with E-state index in [-0.39, 0.29) is 31.8 Å². The Morgan fingerprint density at radius 1 is 0.692 bits per heavy atom. The van der Waals surface area contributed by atoms with Crippen molar-refractivity contribution >= 4 is 24.1 Å². The molecule has 0 fully saturated rings. The van der Waals surface area contributed by atoms with Gasteiger partial charge in [0, 0.05) is 19.3 Å². The van der Waals surface area contributed by atoms with Crippen molar-refractivity contribution in [3.8, 4) is 11.5 Å². The largest absolute Gasteiger partial charge is 0.490 e. The molecule has 0 aliphatic rings. The van der Waals surface area contributed by atoms with Crippen molar-refractivity contribution in [2.24, 2.45) is 5.41 Å². The molecule has 0 amide bonds. The smallest absolute Gasteiger partial charge is 0.303 e. The number of esters is 2. The van der Waals surface area contributed by atoms with Gasteiger partial charge >= 0.3 is 11.9 Å². The summed E-state index contributed by atoms with van der Waals surface area (Å²) in [5, 5.41) is 0. The van der Waals surface area contributed by atoms with E-state index in [1.165, 1.54) is 13.8 Å². The van der Waals surface area contributed by atoms with Crippen LogP contribution in [0.25, 0.3) is 12.2 Å². The van der Waals surface area contributed by atoms with Gasteiger partial charge in [0.15, 0.2) is 12.2 Å². The van der Waals surface area contributed by atoms with Crippen LogP contribution in [0.5, 0.6) is 11.5 Å². The molecule has 8 nitrogen and oxygen atoms in total. The predicted molar refractivity (Wildman–Crippen MR) is 151 cm³/mol. The van der Waals surface area contributed by atoms with Crippen LogP contribution in [0.4, 0.5) is 0 Å². The number of benzene rings is 2. The van der Waals surface area contributed by atoms with Crippen molar-refractivity contribution < 1.29 is 38.0 Å². The normalized spacial score (nSPS) is 12.6. The van der Waals surface area contributed by atoms with Gasteiger partial charge in [0.05, 0.1) is 26.4 Å². The molecule has 2 unspecified atom stereocenters. The first-order valence-electron chi connectivity index (χ1n) is 12.8. The van der Waals surface area contributed by atoms with Crippen LogP contribution in [0.2, 0.25) is 0 Å². The van der Waals surface area contributed by atoms with Gasteiger partial charge in [-0.2, -0.15) is 0 Å². The van der Waals surface area contributed by atoms with Crippen LogP contribution in [0, 0.1) is 5.41 Å². The molecule has 0 aliphatic carbocycles. The van der Waals surface area contributed by atoms with Crippen molar-refractivity contribution in [1.29, 1.82) is 0 Å². The minimum absolute atomic E-state index is 0.157. The second-order valence-corrected chi connectivity index (χ2v) is 9.83. The van der Waals surface area contributed by atoms with Gasteiger partial charge in [-0.15, -0.1) is 0 Å². The average Bonchev–Trinajstić information content (AvgIpc) is 2.90. The number of hydrogen-bond donors (Lipinski definition) is 0. The third-order valence-electron chi connectivity index (χ3n) is 5.36. The SMILES string of the molecule is C=Cc1ccc(OCC(COCC(C)(C)COCC(COc2ccc(C=C)cc2)OC(C)=O)OC(C)=O)cc1. The number of carbonyl (C=O) groups excluding carboxylic acids is 2. The molecular formula is C31H40O8. The fourth-order valence-corrected chi connectivity index (χ4v) is 3.46. The minimum atomic E-state index is -0.565. The highest BCUT2D eigenvalue weighted by Gasteiger charge is 2.23. The molecule has 0 aliphatic heterocycles. The molecule has 39 heavy (non-hydrogen) atoms. The van der Waals surface area contributed by atoms with Crippen LogP contribution in [0.15, 0.2) is 61.7 Å². The zero-order valence-electron chi connectivity index (χ0n) is 23.4. The van der Waals surface area contributed by atoms with Crippen molar-refractivity contribution in [3.63, 3.8) is 0 Å². The minimum Gasteiger partial charge on any atom is -0.490 e. The summed E-state index contributed by atoms with van der Waals surface area (Å²) in [5.74, 6) is 0.498. The zero-order chi connectivity index (χ0) is 28.7. The Morgan fingerprint density at radius 2 is 1.05 bits per heavy atom. The molecule has 0 N–H and O–H groups in total. The van der Waals surface area contributed by atoms with Crippen molar-refractivity contribution in [2.45, 2.75) is 39.9 Å². The Morgan fingerprint density at radius 3 is 1.36 bits per heavy atom. The van der Waals surface area contributed by atoms with E-state index in [0.717, 1.165) is 11.1 Å². The molecule has 0 saturated carbocycles. The topological polar surface area (TPSA) is 89.5 Å². The van der Waals surface area contributed by atoms with Gasteiger partial charge < -0.3 is 28.4 Å². The summed E-state index contributed by atoms with van der Waals surface area (Å²) >= 11 is 0. The van der Waals surface area contributed by atoms with Gasteiger partial charge in [-0.3, -0.25) is 9.59 Å². The van der Waals surface area contributed by atoms with Crippen LogP contribution < -0.4 is 9.47 Å². The lowest BCUT2D eigenvalue weighted by Crippen LogP contribution is -2.34. The summed E-state index contributed by atoms with van der Waals surface area (Å²) in [7, 11) is 0. The van der Waals surface area contributed by atoms with Gasteiger partial charge in [0.2, 0.25) is 0 Å². The molecule has 2 atom stereocenters. The number of carbonyl (C=O) groups is 2. The van der Waals surface area contributed by atoms with E-state index < -0.39 is 24.1 Å². The van der Waals surface area contributed by atoms with Crippen LogP contribution in [-0.4, -0.2) is 63.8 Å². The van der Waals surface area contributed by atoms with Gasteiger partial charge in [-0.25, -0.2) is 0 Å². The van der Waals surface area contributed by atoms with Gasteiger partial charge in [0.1, 0.15) is 24.7 Å². The maximum absolute atomic E-state index is 11.5. The lowest BCUT2D eigenvalue weighted by atomic mass is 9.96. The Labute approximate surface area is 231 Å². The molecule has 0 saturated heterocycles. The van der Waals surface area contributed by atoms with E-state index >= 15 is 0 Å². The highest BCUT2D eigenvalue weighted by molar-refractivity contribution is 5.66. The fraction of sp³-hybridized carbons (Fsp3) is 0.419. The predicted octanol–water partition coefficient (Wildman–Crippen LogP) is 5.35. The summed E-state index contributed by atoms with van der Waals surface area (Å²) in [6, 6.07) is 14.9. The molecule has 2 aromatic rings. The summed E-state index contributed by atoms with van der Waals surface area (Å²) < 4.78 is 34.0. The van der Waals surface area contributed by atoms with Crippen molar-refractivity contribution in [2.75, 3.05) is 39.6 Å². The number of hydrogen-bond acceptors (Lipinski definition) is 8. The van der Waals surface area contributed by atoms with Crippen molar-refractivity contribution in [3.05, 3.63) is 72.8 Å². The summed E-state index contributed by atoms with van der Waals surface area (Å²) in [6.07, 6.45) is 2.37. The van der Waals surface area contributed by atoms with Gasteiger partial charge in [-0.1, -0.05) is 63.4 Å². The summed E-state index contributed by atoms with van der Waals surface area (Å²) in [5.41, 5.74) is 1.61. The fourth-order valence-electron chi connectivity index (χ4n) is 3.46. The van der Waals surface area contributed by atoms with E-state index in [1.807, 2.05) is 62.4 Å². The first kappa shape index (κ1) is 31.6. The molecular weight excluding hydrogens is 500 g/mol. The Bertz CT molecular complexity index is 960. The molecule has 0 spiro atoms. The second-order valence-electron chi connectivity index (χ2n) is 9.83. The zero-order valence-corrected chi connectivity index (χ0v) is 23.4. The molecule has 2 aromatic carbocycles. The van der Waals surface area contributed by atoms with Crippen molar-refractivity contribution in [1.82, 2.24) is 0 Å². The standard InChI is InChI=1S/C31H40O8/c1-7-25-9-13-27(14-10-25)36-19-29(38-23(3)32)17-34-21-31(5,6)22-35-18-30(39-24(4)33)20-37-28-15-11-26(8-2)12-16-28/h7-16,29-30H,1-2,17-22H2,3-6H3. The van der Waals surface area contributed by atoms with Crippen LogP contribution >= 0.6 is 0 Å². The van der Waals surface area contributed by atoms with Gasteiger partial charge in [-0.05, 0) is 35.4 Å². The van der Waals surface area contributed by atoms with Crippen LogP contribution in [0.3, 0.4) is 0 Å². The first-order chi connectivity index (χ1) is 18.6. The number of rotatable bonds is 18. The summed E-state index contributed by atoms with van der Waals surface area (Å²) in [4.78, 5) is 23.1. The first-order valence-corrected chi connectivity index (χ1v) is 12.8. The Hall–Kier alpha value is -3.62. The Balaban J connectivity index is 1.78. The van der Waals surface area contributed by atoms with E-state index in [9.17, 15) is 9.59 Å². The quantitative estimate of drug-likeness (QED) is 0.234. The van der Waals surface area contributed by atoms with Gasteiger partial charge in [0.25, 0.3) is 0 Å². The lowest BCUT2D eigenvalue weighted by molar-refractivity contribution is -0.153. The monoisotopic (exact) mass is 540 g/mol. The van der Waals surface area contributed by atoms with E-state index in [4.69, 9.17) is 28.4 Å². The molecule has 0 bridgehead atoms. The molecule has 8 heteroatoms. The molecule has 0 radical (unpaired) electrons. The molecule has 2 rings (SSSR count). The maximum Gasteiger partial charge on any atom is 0.303 e. The average molecular weight is 541 g/mol. The summed E-state index contributed by atoms with van der Waals surface area (Å²) in [6.45, 7) is 15.5. The van der Waals surface area contributed by atoms with E-state index in [1.54, 1.807) is 12.2 Å². The van der Waals surface area contributed by atoms with E-state index in [0.29, 0.717) is 24.7 Å². The number of ether oxygens (including phenoxy) is 6. The molecule has 0 heterocycles. The highest BCUT2D eigenvalue weighted by Crippen LogP contribution is 2.18. The van der Waals surface area contributed by atoms with Crippen LogP contribution in [0.1, 0.15) is 38.8 Å². The third-order valence-corrected chi connectivity index (χ3v) is 5.36. The van der Waals surface area contributed by atoms with Crippen LogP contribution in [-0.2, 0) is 28.5 Å².